The summed E-state index contributed by atoms with van der Waals surface area (Å²) in [6.07, 6.45) is 1.54. The van der Waals surface area contributed by atoms with Crippen molar-refractivity contribution in [1.82, 2.24) is 25.3 Å². The third-order valence-corrected chi connectivity index (χ3v) is 3.49. The number of ether oxygens (including phenoxy) is 1. The van der Waals surface area contributed by atoms with E-state index in [1.165, 1.54) is 5.56 Å². The molecule has 0 atom stereocenters. The van der Waals surface area contributed by atoms with Crippen LogP contribution in [-0.4, -0.2) is 25.5 Å². The van der Waals surface area contributed by atoms with E-state index < -0.39 is 0 Å². The van der Waals surface area contributed by atoms with Gasteiger partial charge in [-0.1, -0.05) is 24.3 Å². The highest BCUT2D eigenvalue weighted by atomic mass is 16.5. The Bertz CT molecular complexity index is 819. The van der Waals surface area contributed by atoms with E-state index in [1.807, 2.05) is 12.1 Å². The highest BCUT2D eigenvalue weighted by molar-refractivity contribution is 5.76. The number of hydrogen-bond acceptors (Lipinski definition) is 6. The Labute approximate surface area is 140 Å². The van der Waals surface area contributed by atoms with Crippen molar-refractivity contribution in [2.75, 3.05) is 5.73 Å². The number of aromatic nitrogens is 4. The van der Waals surface area contributed by atoms with Crippen molar-refractivity contribution in [3.63, 3.8) is 0 Å². The number of hydrogen-bond donors (Lipinski definition) is 3. The van der Waals surface area contributed by atoms with Crippen molar-refractivity contribution in [3.8, 4) is 5.88 Å². The van der Waals surface area contributed by atoms with E-state index in [4.69, 9.17) is 10.5 Å². The van der Waals surface area contributed by atoms with Crippen molar-refractivity contribution >= 4 is 17.1 Å². The van der Waals surface area contributed by atoms with E-state index in [1.54, 1.807) is 6.33 Å². The minimum absolute atomic E-state index is 0.101. The van der Waals surface area contributed by atoms with E-state index in [0.29, 0.717) is 23.7 Å². The monoisotopic (exact) mass is 326 g/mol. The number of imidazole rings is 1. The van der Waals surface area contributed by atoms with Crippen LogP contribution in [0.15, 0.2) is 30.6 Å². The minimum Gasteiger partial charge on any atom is -0.471 e. The summed E-state index contributed by atoms with van der Waals surface area (Å²) in [7, 11) is 0. The zero-order chi connectivity index (χ0) is 17.2. The topological polar surface area (TPSA) is 102 Å². The van der Waals surface area contributed by atoms with Gasteiger partial charge < -0.3 is 20.8 Å². The molecule has 0 aliphatic heterocycles. The zero-order valence-electron chi connectivity index (χ0n) is 14.1. The summed E-state index contributed by atoms with van der Waals surface area (Å²) in [5, 5.41) is 3.47. The molecule has 1 aromatic carbocycles. The van der Waals surface area contributed by atoms with Gasteiger partial charge in [-0.2, -0.15) is 9.97 Å². The van der Waals surface area contributed by atoms with Crippen molar-refractivity contribution < 1.29 is 4.74 Å². The minimum atomic E-state index is 0.101. The Morgan fingerprint density at radius 3 is 2.54 bits per heavy atom. The number of H-pyrrole nitrogens is 1. The number of nitrogens with one attached hydrogen (secondary N) is 2. The first-order valence-corrected chi connectivity index (χ1v) is 7.83. The number of aromatic amines is 1. The lowest BCUT2D eigenvalue weighted by Crippen LogP contribution is -2.35. The lowest BCUT2D eigenvalue weighted by atomic mass is 10.1. The average Bonchev–Trinajstić information content (AvgIpc) is 2.99. The van der Waals surface area contributed by atoms with Gasteiger partial charge in [0.05, 0.1) is 6.33 Å². The number of nitrogens with two attached hydrogens (primary N) is 1. The molecule has 2 heterocycles. The second-order valence-electron chi connectivity index (χ2n) is 6.70. The van der Waals surface area contributed by atoms with Gasteiger partial charge in [-0.15, -0.1) is 0 Å². The molecule has 126 valence electrons. The maximum absolute atomic E-state index is 5.77. The maximum atomic E-state index is 5.77. The van der Waals surface area contributed by atoms with Crippen LogP contribution in [0, 0.1) is 0 Å². The number of benzene rings is 1. The number of anilines is 1. The third-order valence-electron chi connectivity index (χ3n) is 3.49. The summed E-state index contributed by atoms with van der Waals surface area (Å²) in [6, 6.07) is 8.28. The van der Waals surface area contributed by atoms with Crippen LogP contribution in [0.5, 0.6) is 5.88 Å². The average molecular weight is 326 g/mol. The summed E-state index contributed by atoms with van der Waals surface area (Å²) in [5.74, 6) is 0.544. The summed E-state index contributed by atoms with van der Waals surface area (Å²) in [5.41, 5.74) is 9.22. The molecular formula is C17H22N6O. The second-order valence-corrected chi connectivity index (χ2v) is 6.70. The summed E-state index contributed by atoms with van der Waals surface area (Å²) in [4.78, 5) is 15.2. The van der Waals surface area contributed by atoms with E-state index in [-0.39, 0.29) is 11.5 Å². The fraction of sp³-hybridized carbons (Fsp3) is 0.353. The van der Waals surface area contributed by atoms with Crippen LogP contribution in [0.3, 0.4) is 0 Å². The first-order valence-electron chi connectivity index (χ1n) is 7.83. The van der Waals surface area contributed by atoms with Gasteiger partial charge in [0, 0.05) is 12.1 Å². The van der Waals surface area contributed by atoms with Gasteiger partial charge in [0.25, 0.3) is 0 Å². The fourth-order valence-electron chi connectivity index (χ4n) is 2.20. The molecule has 0 unspecified atom stereocenters. The molecule has 0 saturated heterocycles. The summed E-state index contributed by atoms with van der Waals surface area (Å²) in [6.45, 7) is 7.68. The Kier molecular flexibility index (Phi) is 4.35. The van der Waals surface area contributed by atoms with E-state index in [0.717, 1.165) is 12.1 Å². The van der Waals surface area contributed by atoms with Crippen molar-refractivity contribution in [1.29, 1.82) is 0 Å². The Hall–Kier alpha value is -2.67. The highest BCUT2D eigenvalue weighted by Gasteiger charge is 2.11. The van der Waals surface area contributed by atoms with Gasteiger partial charge in [0.2, 0.25) is 11.8 Å². The van der Waals surface area contributed by atoms with Crippen LogP contribution in [-0.2, 0) is 13.2 Å². The largest absolute Gasteiger partial charge is 0.471 e. The first kappa shape index (κ1) is 16.2. The maximum Gasteiger partial charge on any atom is 0.247 e. The van der Waals surface area contributed by atoms with E-state index in [9.17, 15) is 0 Å². The number of rotatable bonds is 5. The van der Waals surface area contributed by atoms with Crippen LogP contribution < -0.4 is 15.8 Å². The number of nitrogen functional groups attached to an aromatic ring is 1. The molecule has 3 rings (SSSR count). The van der Waals surface area contributed by atoms with Gasteiger partial charge in [-0.25, -0.2) is 4.98 Å². The molecule has 2 aromatic heterocycles. The van der Waals surface area contributed by atoms with Crippen LogP contribution in [0.4, 0.5) is 5.95 Å². The predicted molar refractivity (Wildman–Crippen MR) is 93.5 cm³/mol. The highest BCUT2D eigenvalue weighted by Crippen LogP contribution is 2.20. The van der Waals surface area contributed by atoms with Gasteiger partial charge >= 0.3 is 0 Å². The number of fused-ring (bicyclic) bond motifs is 1. The standard InChI is InChI=1S/C17H22N6O/c1-17(2,3)21-8-11-4-6-12(7-5-11)9-24-15-13-14(20-10-19-13)22-16(18)23-15/h4-7,10,21H,8-9H2,1-3H3,(H3,18,19,20,22,23). The van der Waals surface area contributed by atoms with Gasteiger partial charge in [0.1, 0.15) is 6.61 Å². The lowest BCUT2D eigenvalue weighted by Gasteiger charge is -2.20. The molecule has 0 spiro atoms. The smallest absolute Gasteiger partial charge is 0.247 e. The molecule has 4 N–H and O–H groups in total. The van der Waals surface area contributed by atoms with E-state index in [2.05, 4.69) is 58.2 Å². The Morgan fingerprint density at radius 1 is 1.12 bits per heavy atom. The first-order chi connectivity index (χ1) is 11.4. The van der Waals surface area contributed by atoms with Crippen molar-refractivity contribution in [3.05, 3.63) is 41.7 Å². The Morgan fingerprint density at radius 2 is 1.83 bits per heavy atom. The van der Waals surface area contributed by atoms with Gasteiger partial charge in [0.15, 0.2) is 11.2 Å². The van der Waals surface area contributed by atoms with E-state index >= 15 is 0 Å². The molecule has 0 aliphatic carbocycles. The lowest BCUT2D eigenvalue weighted by molar-refractivity contribution is 0.297. The van der Waals surface area contributed by atoms with Crippen LogP contribution in [0.2, 0.25) is 0 Å². The molecule has 7 heteroatoms. The van der Waals surface area contributed by atoms with Crippen molar-refractivity contribution in [2.45, 2.75) is 39.5 Å². The van der Waals surface area contributed by atoms with Gasteiger partial charge in [-0.3, -0.25) is 0 Å². The number of nitrogens with zero attached hydrogens (tertiary/aromatic N) is 3. The van der Waals surface area contributed by atoms with Crippen LogP contribution in [0.25, 0.3) is 11.2 Å². The fourth-order valence-corrected chi connectivity index (χ4v) is 2.20. The van der Waals surface area contributed by atoms with Crippen molar-refractivity contribution in [2.24, 2.45) is 0 Å². The third kappa shape index (κ3) is 3.99. The molecule has 7 nitrogen and oxygen atoms in total. The molecule has 24 heavy (non-hydrogen) atoms. The SMILES string of the molecule is CC(C)(C)NCc1ccc(COc2nc(N)nc3[nH]cnc23)cc1. The van der Waals surface area contributed by atoms with Crippen LogP contribution >= 0.6 is 0 Å². The molecule has 0 amide bonds. The Balaban J connectivity index is 1.65. The molecule has 0 radical (unpaired) electrons. The zero-order valence-corrected chi connectivity index (χ0v) is 14.1. The molecule has 0 aliphatic rings. The summed E-state index contributed by atoms with van der Waals surface area (Å²) < 4.78 is 5.77. The normalized spacial score (nSPS) is 11.8. The van der Waals surface area contributed by atoms with Gasteiger partial charge in [-0.05, 0) is 31.9 Å². The molecular weight excluding hydrogens is 304 g/mol. The molecule has 3 aromatic rings. The van der Waals surface area contributed by atoms with Crippen LogP contribution in [0.1, 0.15) is 31.9 Å². The second kappa shape index (κ2) is 6.45. The molecule has 0 bridgehead atoms. The summed E-state index contributed by atoms with van der Waals surface area (Å²) >= 11 is 0. The quantitative estimate of drug-likeness (QED) is 0.665. The predicted octanol–water partition coefficient (Wildman–Crippen LogP) is 2.40. The molecule has 0 saturated carbocycles. The molecule has 0 fully saturated rings.